The van der Waals surface area contributed by atoms with Gasteiger partial charge in [-0.2, -0.15) is 0 Å². The summed E-state index contributed by atoms with van der Waals surface area (Å²) < 4.78 is 7.18. The molecule has 2 N–H and O–H groups in total. The normalized spacial score (nSPS) is 13.9. The number of carbonyl (C=O) groups is 2. The minimum Gasteiger partial charge on any atom is -0.493 e. The first-order valence-electron chi connectivity index (χ1n) is 13.6. The standard InChI is InChI=1S/C29H36N4O5S/c1-2-3-4-5-6-14-33-25-12-11-23(39-19-13-21-7-9-22(10-8-21)28(35)36)20-24(25)26(27(33)34)30-31-29(37)32-15-17-38-18-16-32/h7-12,20,34H,2-6,13-19H2,1H3,(H,35,36). The molecule has 1 aliphatic rings. The lowest BCUT2D eigenvalue weighted by Gasteiger charge is -2.24. The number of rotatable bonds is 12. The van der Waals surface area contributed by atoms with E-state index in [-0.39, 0.29) is 11.4 Å². The average molecular weight is 553 g/mol. The van der Waals surface area contributed by atoms with Gasteiger partial charge in [0, 0.05) is 35.7 Å². The molecule has 1 saturated heterocycles. The number of benzene rings is 2. The number of ether oxygens (including phenoxy) is 1. The fourth-order valence-electron chi connectivity index (χ4n) is 4.60. The first-order valence-corrected chi connectivity index (χ1v) is 14.5. The van der Waals surface area contributed by atoms with Crippen LogP contribution in [0.4, 0.5) is 10.5 Å². The second-order valence-electron chi connectivity index (χ2n) is 9.60. The summed E-state index contributed by atoms with van der Waals surface area (Å²) in [6, 6.07) is 12.5. The number of carbonyl (C=O) groups excluding carboxylic acids is 1. The number of unbranched alkanes of at least 4 members (excludes halogenated alkanes) is 4. The minimum absolute atomic E-state index is 0.0275. The summed E-state index contributed by atoms with van der Waals surface area (Å²) in [4.78, 5) is 26.3. The van der Waals surface area contributed by atoms with Crippen molar-refractivity contribution in [1.82, 2.24) is 9.47 Å². The zero-order chi connectivity index (χ0) is 27.6. The Bertz CT molecular complexity index is 1300. The quantitative estimate of drug-likeness (QED) is 0.144. The Morgan fingerprint density at radius 3 is 2.49 bits per heavy atom. The summed E-state index contributed by atoms with van der Waals surface area (Å²) in [5.41, 5.74) is 2.52. The lowest BCUT2D eigenvalue weighted by Crippen LogP contribution is -2.39. The minimum atomic E-state index is -0.931. The molecule has 10 heteroatoms. The van der Waals surface area contributed by atoms with Crippen molar-refractivity contribution in [3.63, 3.8) is 0 Å². The fourth-order valence-corrected chi connectivity index (χ4v) is 5.54. The number of nitrogens with zero attached hydrogens (tertiary/aromatic N) is 4. The lowest BCUT2D eigenvalue weighted by molar-refractivity contribution is 0.0552. The van der Waals surface area contributed by atoms with E-state index in [9.17, 15) is 14.7 Å². The lowest BCUT2D eigenvalue weighted by atomic mass is 10.1. The molecule has 39 heavy (non-hydrogen) atoms. The van der Waals surface area contributed by atoms with Crippen LogP contribution in [0.25, 0.3) is 10.9 Å². The molecule has 2 amide bonds. The Morgan fingerprint density at radius 1 is 1.03 bits per heavy atom. The molecule has 0 aliphatic carbocycles. The van der Waals surface area contributed by atoms with Gasteiger partial charge in [0.25, 0.3) is 0 Å². The summed E-state index contributed by atoms with van der Waals surface area (Å²) in [6.07, 6.45) is 6.35. The first kappa shape index (κ1) is 28.6. The number of thioether (sulfide) groups is 1. The molecule has 0 unspecified atom stereocenters. The molecule has 2 heterocycles. The molecular weight excluding hydrogens is 516 g/mol. The van der Waals surface area contributed by atoms with Crippen LogP contribution in [0.3, 0.4) is 0 Å². The number of aromatic hydroxyl groups is 1. The van der Waals surface area contributed by atoms with Crippen LogP contribution in [-0.4, -0.2) is 63.7 Å². The van der Waals surface area contributed by atoms with Gasteiger partial charge in [-0.15, -0.1) is 16.9 Å². The number of hydrogen-bond acceptors (Lipinski definition) is 6. The highest BCUT2D eigenvalue weighted by Crippen LogP contribution is 2.41. The first-order chi connectivity index (χ1) is 19.0. The summed E-state index contributed by atoms with van der Waals surface area (Å²) in [5, 5.41) is 29.2. The molecule has 3 aromatic rings. The number of urea groups is 1. The van der Waals surface area contributed by atoms with Gasteiger partial charge in [0.1, 0.15) is 0 Å². The van der Waals surface area contributed by atoms with E-state index < -0.39 is 12.0 Å². The van der Waals surface area contributed by atoms with Crippen molar-refractivity contribution in [3.05, 3.63) is 53.6 Å². The molecule has 1 fully saturated rings. The smallest absolute Gasteiger partial charge is 0.362 e. The number of aromatic nitrogens is 1. The Kier molecular flexibility index (Phi) is 10.4. The molecule has 208 valence electrons. The molecule has 4 rings (SSSR count). The van der Waals surface area contributed by atoms with Crippen molar-refractivity contribution in [3.8, 4) is 5.88 Å². The van der Waals surface area contributed by atoms with Crippen molar-refractivity contribution in [1.29, 1.82) is 0 Å². The number of amides is 2. The molecule has 0 spiro atoms. The highest BCUT2D eigenvalue weighted by atomic mass is 32.2. The van der Waals surface area contributed by atoms with E-state index in [1.54, 1.807) is 28.8 Å². The Morgan fingerprint density at radius 2 is 1.77 bits per heavy atom. The number of morpholine rings is 1. The third-order valence-electron chi connectivity index (χ3n) is 6.84. The average Bonchev–Trinajstić information content (AvgIpc) is 3.22. The van der Waals surface area contributed by atoms with Crippen LogP contribution >= 0.6 is 11.8 Å². The monoisotopic (exact) mass is 552 g/mol. The molecule has 0 radical (unpaired) electrons. The molecule has 0 saturated carbocycles. The maximum absolute atomic E-state index is 12.6. The van der Waals surface area contributed by atoms with Crippen molar-refractivity contribution in [2.24, 2.45) is 10.2 Å². The van der Waals surface area contributed by atoms with Gasteiger partial charge in [-0.05, 0) is 48.7 Å². The predicted molar refractivity (Wildman–Crippen MR) is 152 cm³/mol. The van der Waals surface area contributed by atoms with Crippen molar-refractivity contribution >= 4 is 40.4 Å². The highest BCUT2D eigenvalue weighted by Gasteiger charge is 2.20. The van der Waals surface area contributed by atoms with Crippen LogP contribution in [0, 0.1) is 0 Å². The van der Waals surface area contributed by atoms with Crippen LogP contribution in [0.15, 0.2) is 57.6 Å². The Hall–Kier alpha value is -3.37. The number of aryl methyl sites for hydroxylation is 2. The number of fused-ring (bicyclic) bond motifs is 1. The number of carboxylic acid groups (broad SMARTS) is 1. The Balaban J connectivity index is 1.51. The van der Waals surface area contributed by atoms with Crippen molar-refractivity contribution in [2.75, 3.05) is 32.1 Å². The maximum atomic E-state index is 12.6. The number of hydrogen-bond donors (Lipinski definition) is 2. The second kappa shape index (κ2) is 14.1. The largest absolute Gasteiger partial charge is 0.493 e. The van der Waals surface area contributed by atoms with Gasteiger partial charge in [-0.1, -0.05) is 49.9 Å². The van der Waals surface area contributed by atoms with Crippen LogP contribution in [-0.2, 0) is 17.7 Å². The number of aromatic carboxylic acids is 1. The molecule has 0 bridgehead atoms. The van der Waals surface area contributed by atoms with Crippen LogP contribution in [0.2, 0.25) is 0 Å². The molecule has 1 aliphatic heterocycles. The van der Waals surface area contributed by atoms with Gasteiger partial charge in [-0.3, -0.25) is 0 Å². The van der Waals surface area contributed by atoms with E-state index in [2.05, 4.69) is 17.2 Å². The van der Waals surface area contributed by atoms with Crippen LogP contribution in [0.1, 0.15) is 54.9 Å². The maximum Gasteiger partial charge on any atom is 0.362 e. The van der Waals surface area contributed by atoms with Gasteiger partial charge in [0.2, 0.25) is 5.88 Å². The van der Waals surface area contributed by atoms with Crippen LogP contribution in [0.5, 0.6) is 5.88 Å². The zero-order valence-corrected chi connectivity index (χ0v) is 23.2. The van der Waals surface area contributed by atoms with E-state index in [0.29, 0.717) is 38.5 Å². The molecule has 0 atom stereocenters. The van der Waals surface area contributed by atoms with E-state index in [4.69, 9.17) is 9.84 Å². The van der Waals surface area contributed by atoms with Crippen molar-refractivity contribution < 1.29 is 24.5 Å². The predicted octanol–water partition coefficient (Wildman–Crippen LogP) is 6.89. The topological polar surface area (TPSA) is 117 Å². The fraction of sp³-hybridized carbons (Fsp3) is 0.448. The van der Waals surface area contributed by atoms with E-state index in [1.807, 2.05) is 34.9 Å². The Labute approximate surface area is 232 Å². The summed E-state index contributed by atoms with van der Waals surface area (Å²) >= 11 is 1.67. The molecule has 2 aromatic carbocycles. The van der Waals surface area contributed by atoms with Gasteiger partial charge in [0.05, 0.1) is 24.3 Å². The van der Waals surface area contributed by atoms with E-state index >= 15 is 0 Å². The van der Waals surface area contributed by atoms with E-state index in [0.717, 1.165) is 52.8 Å². The zero-order valence-electron chi connectivity index (χ0n) is 22.3. The highest BCUT2D eigenvalue weighted by molar-refractivity contribution is 7.99. The molecule has 1 aromatic heterocycles. The van der Waals surface area contributed by atoms with Gasteiger partial charge in [0.15, 0.2) is 5.69 Å². The molecular formula is C29H36N4O5S. The van der Waals surface area contributed by atoms with Crippen LogP contribution < -0.4 is 0 Å². The van der Waals surface area contributed by atoms with E-state index in [1.165, 1.54) is 12.8 Å². The van der Waals surface area contributed by atoms with Crippen molar-refractivity contribution in [2.45, 2.75) is 56.9 Å². The summed E-state index contributed by atoms with van der Waals surface area (Å²) in [7, 11) is 0. The summed E-state index contributed by atoms with van der Waals surface area (Å²) in [5.74, 6) is -0.103. The third kappa shape index (κ3) is 7.60. The second-order valence-corrected chi connectivity index (χ2v) is 10.8. The number of carboxylic acids is 1. The van der Waals surface area contributed by atoms with Gasteiger partial charge < -0.3 is 24.4 Å². The van der Waals surface area contributed by atoms with Gasteiger partial charge >= 0.3 is 12.0 Å². The van der Waals surface area contributed by atoms with Gasteiger partial charge in [-0.25, -0.2) is 9.59 Å². The SMILES string of the molecule is CCCCCCCn1c(O)c(N=NC(=O)N2CCOCC2)c2cc(SCCc3ccc(C(=O)O)cc3)ccc21. The number of azo groups is 1. The molecule has 9 nitrogen and oxygen atoms in total. The third-order valence-corrected chi connectivity index (χ3v) is 7.84. The summed E-state index contributed by atoms with van der Waals surface area (Å²) in [6.45, 7) is 4.76.